The lowest BCUT2D eigenvalue weighted by Crippen LogP contribution is -2.23. The molecule has 0 aromatic carbocycles. The second kappa shape index (κ2) is 5.39. The van der Waals surface area contributed by atoms with E-state index < -0.39 is 0 Å². The van der Waals surface area contributed by atoms with E-state index >= 15 is 0 Å². The number of rotatable bonds is 4. The Hall–Kier alpha value is -0.260. The van der Waals surface area contributed by atoms with Crippen molar-refractivity contribution in [3.8, 4) is 0 Å². The van der Waals surface area contributed by atoms with Gasteiger partial charge >= 0.3 is 0 Å². The van der Waals surface area contributed by atoms with E-state index in [0.717, 1.165) is 28.0 Å². The van der Waals surface area contributed by atoms with Crippen LogP contribution in [0.3, 0.4) is 0 Å². The van der Waals surface area contributed by atoms with Crippen molar-refractivity contribution in [1.29, 1.82) is 0 Å². The van der Waals surface area contributed by atoms with Crippen LogP contribution in [0.1, 0.15) is 19.7 Å². The number of nitrogens with zero attached hydrogens (tertiary/aromatic N) is 3. The minimum absolute atomic E-state index is 0.128. The third kappa shape index (κ3) is 2.83. The van der Waals surface area contributed by atoms with Crippen molar-refractivity contribution >= 4 is 50.5 Å². The van der Waals surface area contributed by atoms with Crippen LogP contribution in [0, 0.1) is 0 Å². The molecule has 0 atom stereocenters. The third-order valence-corrected chi connectivity index (χ3v) is 4.75. The van der Waals surface area contributed by atoms with Gasteiger partial charge < -0.3 is 4.57 Å². The van der Waals surface area contributed by atoms with Gasteiger partial charge in [0.2, 0.25) is 0 Å². The van der Waals surface area contributed by atoms with Crippen LogP contribution in [0.2, 0.25) is 0 Å². The van der Waals surface area contributed by atoms with Gasteiger partial charge in [-0.1, -0.05) is 0 Å². The van der Waals surface area contributed by atoms with Crippen molar-refractivity contribution in [3.63, 3.8) is 0 Å². The maximum absolute atomic E-state index is 5.99. The van der Waals surface area contributed by atoms with Crippen LogP contribution in [-0.4, -0.2) is 25.5 Å². The van der Waals surface area contributed by atoms with Gasteiger partial charge in [-0.05, 0) is 42.1 Å². The number of halogens is 2. The molecule has 6 heteroatoms. The molecule has 0 spiro atoms. The van der Waals surface area contributed by atoms with E-state index in [4.69, 9.17) is 11.6 Å². The van der Waals surface area contributed by atoms with Gasteiger partial charge in [0.15, 0.2) is 5.65 Å². The Morgan fingerprint density at radius 3 is 2.83 bits per heavy atom. The molecular weight excluding hydrogens is 334 g/mol. The zero-order valence-electron chi connectivity index (χ0n) is 10.6. The summed E-state index contributed by atoms with van der Waals surface area (Å²) in [5.41, 5.74) is 1.79. The number of alkyl halides is 1. The third-order valence-electron chi connectivity index (χ3n) is 2.84. The fraction of sp³-hybridized carbons (Fsp3) is 0.500. The first-order chi connectivity index (χ1) is 8.46. The van der Waals surface area contributed by atoms with E-state index in [1.165, 1.54) is 0 Å². The lowest BCUT2D eigenvalue weighted by molar-refractivity contribution is 0.564. The van der Waals surface area contributed by atoms with Crippen molar-refractivity contribution in [2.75, 3.05) is 6.26 Å². The molecule has 0 aliphatic rings. The molecule has 2 heterocycles. The Bertz CT molecular complexity index is 568. The Morgan fingerprint density at radius 1 is 1.50 bits per heavy atom. The zero-order valence-corrected chi connectivity index (χ0v) is 13.7. The fourth-order valence-electron chi connectivity index (χ4n) is 1.75. The normalized spacial score (nSPS) is 12.3. The Balaban J connectivity index is 2.53. The molecule has 0 fully saturated rings. The highest BCUT2D eigenvalue weighted by atomic mass is 79.9. The highest BCUT2D eigenvalue weighted by Crippen LogP contribution is 2.27. The van der Waals surface area contributed by atoms with Crippen LogP contribution >= 0.6 is 39.3 Å². The molecule has 0 saturated carbocycles. The van der Waals surface area contributed by atoms with E-state index in [2.05, 4.69) is 50.6 Å². The standard InChI is InChI=1S/C12H15BrClN3S/c1-12(2,18-3)7-17-10(5-14)16-9-4-8(13)6-15-11(9)17/h4,6H,5,7H2,1-3H3. The monoisotopic (exact) mass is 347 g/mol. The molecule has 2 aromatic rings. The van der Waals surface area contributed by atoms with Gasteiger partial charge in [-0.2, -0.15) is 11.8 Å². The molecule has 18 heavy (non-hydrogen) atoms. The summed E-state index contributed by atoms with van der Waals surface area (Å²) in [6.07, 6.45) is 3.91. The second-order valence-electron chi connectivity index (χ2n) is 4.71. The van der Waals surface area contributed by atoms with Gasteiger partial charge in [0, 0.05) is 22.0 Å². The molecule has 0 radical (unpaired) electrons. The highest BCUT2D eigenvalue weighted by molar-refractivity contribution is 9.10. The number of pyridine rings is 1. The average molecular weight is 349 g/mol. The Kier molecular flexibility index (Phi) is 4.24. The number of imidazole rings is 1. The summed E-state index contributed by atoms with van der Waals surface area (Å²) in [7, 11) is 0. The van der Waals surface area contributed by atoms with E-state index in [1.807, 2.05) is 17.8 Å². The highest BCUT2D eigenvalue weighted by Gasteiger charge is 2.21. The van der Waals surface area contributed by atoms with E-state index in [-0.39, 0.29) is 4.75 Å². The second-order valence-corrected chi connectivity index (χ2v) is 7.40. The summed E-state index contributed by atoms with van der Waals surface area (Å²) >= 11 is 11.2. The Morgan fingerprint density at radius 2 is 2.22 bits per heavy atom. The van der Waals surface area contributed by atoms with Crippen LogP contribution in [-0.2, 0) is 12.4 Å². The van der Waals surface area contributed by atoms with Crippen molar-refractivity contribution < 1.29 is 0 Å². The molecule has 0 aliphatic carbocycles. The first-order valence-corrected chi connectivity index (χ1v) is 8.14. The zero-order chi connectivity index (χ0) is 13.3. The molecule has 0 N–H and O–H groups in total. The van der Waals surface area contributed by atoms with Crippen LogP contribution in [0.15, 0.2) is 16.7 Å². The molecule has 0 amide bonds. The van der Waals surface area contributed by atoms with E-state index in [1.54, 1.807) is 6.20 Å². The maximum Gasteiger partial charge on any atom is 0.160 e. The summed E-state index contributed by atoms with van der Waals surface area (Å²) in [6, 6.07) is 1.97. The lowest BCUT2D eigenvalue weighted by atomic mass is 10.2. The van der Waals surface area contributed by atoms with E-state index in [9.17, 15) is 0 Å². The maximum atomic E-state index is 5.99. The van der Waals surface area contributed by atoms with Crippen molar-refractivity contribution in [3.05, 3.63) is 22.6 Å². The number of hydrogen-bond donors (Lipinski definition) is 0. The fourth-order valence-corrected chi connectivity index (χ4v) is 2.53. The predicted octanol–water partition coefficient (Wildman–Crippen LogP) is 4.07. The number of fused-ring (bicyclic) bond motifs is 1. The van der Waals surface area contributed by atoms with Crippen LogP contribution in [0.25, 0.3) is 11.2 Å². The van der Waals surface area contributed by atoms with Gasteiger partial charge in [0.25, 0.3) is 0 Å². The minimum atomic E-state index is 0.128. The largest absolute Gasteiger partial charge is 0.310 e. The number of hydrogen-bond acceptors (Lipinski definition) is 3. The van der Waals surface area contributed by atoms with Gasteiger partial charge in [0.05, 0.1) is 5.88 Å². The van der Waals surface area contributed by atoms with E-state index in [0.29, 0.717) is 5.88 Å². The smallest absolute Gasteiger partial charge is 0.160 e. The number of aromatic nitrogens is 3. The molecule has 3 nitrogen and oxygen atoms in total. The molecular formula is C12H15BrClN3S. The van der Waals surface area contributed by atoms with Crippen LogP contribution < -0.4 is 0 Å². The van der Waals surface area contributed by atoms with Gasteiger partial charge in [-0.25, -0.2) is 9.97 Å². The molecule has 0 saturated heterocycles. The SMILES string of the molecule is CSC(C)(C)Cn1c(CCl)nc2cc(Br)cnc21. The average Bonchev–Trinajstić information content (AvgIpc) is 2.66. The summed E-state index contributed by atoms with van der Waals surface area (Å²) in [6.45, 7) is 5.27. The van der Waals surface area contributed by atoms with Crippen molar-refractivity contribution in [2.24, 2.45) is 0 Å². The molecule has 2 aromatic heterocycles. The summed E-state index contributed by atoms with van der Waals surface area (Å²) in [5, 5.41) is 0. The number of thioether (sulfide) groups is 1. The van der Waals surface area contributed by atoms with Crippen LogP contribution in [0.5, 0.6) is 0 Å². The van der Waals surface area contributed by atoms with Gasteiger partial charge in [-0.3, -0.25) is 0 Å². The molecule has 0 aliphatic heterocycles. The summed E-state index contributed by atoms with van der Waals surface area (Å²) in [4.78, 5) is 8.99. The van der Waals surface area contributed by atoms with Crippen molar-refractivity contribution in [1.82, 2.24) is 14.5 Å². The van der Waals surface area contributed by atoms with Gasteiger partial charge in [-0.15, -0.1) is 11.6 Å². The lowest BCUT2D eigenvalue weighted by Gasteiger charge is -2.23. The molecule has 98 valence electrons. The summed E-state index contributed by atoms with van der Waals surface area (Å²) < 4.78 is 3.18. The van der Waals surface area contributed by atoms with Gasteiger partial charge in [0.1, 0.15) is 11.3 Å². The molecule has 0 unspecified atom stereocenters. The first kappa shape index (κ1) is 14.2. The predicted molar refractivity (Wildman–Crippen MR) is 82.4 cm³/mol. The van der Waals surface area contributed by atoms with Crippen molar-refractivity contribution in [2.45, 2.75) is 31.0 Å². The quantitative estimate of drug-likeness (QED) is 0.780. The first-order valence-electron chi connectivity index (χ1n) is 5.58. The van der Waals surface area contributed by atoms with Crippen LogP contribution in [0.4, 0.5) is 0 Å². The minimum Gasteiger partial charge on any atom is -0.310 e. The molecule has 2 rings (SSSR count). The topological polar surface area (TPSA) is 30.7 Å². The molecule has 0 bridgehead atoms. The Labute approximate surface area is 124 Å². The summed E-state index contributed by atoms with van der Waals surface area (Å²) in [5.74, 6) is 1.28.